The Morgan fingerprint density at radius 3 is 1.17 bits per heavy atom. The Bertz CT molecular complexity index is 128. The Morgan fingerprint density at radius 1 is 1.00 bits per heavy atom. The van der Waals surface area contributed by atoms with E-state index in [2.05, 4.69) is 33.0 Å². The molecule has 0 aliphatic carbocycles. The van der Waals surface area contributed by atoms with Crippen LogP contribution in [0.1, 0.15) is 27.7 Å². The molecule has 0 aliphatic heterocycles. The van der Waals surface area contributed by atoms with Crippen molar-refractivity contribution in [2.24, 2.45) is 0 Å². The van der Waals surface area contributed by atoms with Crippen molar-refractivity contribution < 1.29 is 19.2 Å². The van der Waals surface area contributed by atoms with Crippen LogP contribution in [0.25, 0.3) is 0 Å². The lowest BCUT2D eigenvalue weighted by Gasteiger charge is -2.10. The Hall–Kier alpha value is 0.0700. The van der Waals surface area contributed by atoms with Gasteiger partial charge in [-0.1, -0.05) is 27.7 Å². The predicted molar refractivity (Wildman–Crippen MR) is 47.7 cm³/mol. The van der Waals surface area contributed by atoms with Crippen LogP contribution in [-0.2, 0) is 4.57 Å². The molecule has 0 fully saturated rings. The Kier molecular flexibility index (Phi) is 7.99. The van der Waals surface area contributed by atoms with Gasteiger partial charge in [0.2, 0.25) is 0 Å². The number of rotatable bonds is 2. The molecule has 0 saturated carbocycles. The highest BCUT2D eigenvalue weighted by Crippen LogP contribution is 2.25. The van der Waals surface area contributed by atoms with E-state index in [1.54, 1.807) is 0 Å². The van der Waals surface area contributed by atoms with Gasteiger partial charge in [0.1, 0.15) is 0 Å². The molecule has 0 aromatic carbocycles. The molecule has 0 rings (SSSR count). The lowest BCUT2D eigenvalue weighted by atomic mass is 10.3. The van der Waals surface area contributed by atoms with Gasteiger partial charge in [0.25, 0.3) is 0 Å². The fourth-order valence-corrected chi connectivity index (χ4v) is 0.667. The van der Waals surface area contributed by atoms with E-state index >= 15 is 0 Å². The molecule has 0 radical (unpaired) electrons. The van der Waals surface area contributed by atoms with Crippen molar-refractivity contribution in [2.45, 2.75) is 39.8 Å². The highest BCUT2D eigenvalue weighted by molar-refractivity contribution is 7.45. The summed E-state index contributed by atoms with van der Waals surface area (Å²) in [7, 11) is -4.64. The molecule has 0 aliphatic rings. The van der Waals surface area contributed by atoms with Gasteiger partial charge >= 0.3 is 7.82 Å². The average molecular weight is 199 g/mol. The van der Waals surface area contributed by atoms with E-state index < -0.39 is 7.82 Å². The van der Waals surface area contributed by atoms with Crippen LogP contribution in [0.2, 0.25) is 0 Å². The van der Waals surface area contributed by atoms with Crippen LogP contribution < -0.4 is 5.32 Å². The van der Waals surface area contributed by atoms with Crippen LogP contribution in [0.3, 0.4) is 0 Å². The normalized spacial score (nSPS) is 11.4. The number of phosphoric acid groups is 1. The van der Waals surface area contributed by atoms with E-state index in [9.17, 15) is 0 Å². The monoisotopic (exact) mass is 199 g/mol. The fourth-order valence-electron chi connectivity index (χ4n) is 0.667. The van der Waals surface area contributed by atoms with E-state index in [0.717, 1.165) is 0 Å². The summed E-state index contributed by atoms with van der Waals surface area (Å²) in [4.78, 5) is 21.6. The summed E-state index contributed by atoms with van der Waals surface area (Å²) in [5, 5.41) is 3.31. The van der Waals surface area contributed by atoms with Crippen molar-refractivity contribution in [1.82, 2.24) is 5.32 Å². The molecule has 0 unspecified atom stereocenters. The third-order valence-electron chi connectivity index (χ3n) is 0.667. The lowest BCUT2D eigenvalue weighted by Crippen LogP contribution is -2.29. The minimum Gasteiger partial charge on any atom is -0.312 e. The van der Waals surface area contributed by atoms with E-state index in [1.165, 1.54) is 0 Å². The van der Waals surface area contributed by atoms with Gasteiger partial charge in [0.05, 0.1) is 0 Å². The zero-order valence-electron chi connectivity index (χ0n) is 7.85. The summed E-state index contributed by atoms with van der Waals surface area (Å²) in [5.41, 5.74) is 0. The van der Waals surface area contributed by atoms with Crippen LogP contribution >= 0.6 is 7.82 Å². The summed E-state index contributed by atoms with van der Waals surface area (Å²) >= 11 is 0. The number of hydrogen-bond donors (Lipinski definition) is 4. The average Bonchev–Trinajstić information content (AvgIpc) is 1.52. The summed E-state index contributed by atoms with van der Waals surface area (Å²) in [6.45, 7) is 8.61. The van der Waals surface area contributed by atoms with Crippen LogP contribution in [0.5, 0.6) is 0 Å². The van der Waals surface area contributed by atoms with Gasteiger partial charge in [-0.25, -0.2) is 4.57 Å². The molecule has 0 saturated heterocycles. The molecule has 0 aromatic rings. The first-order chi connectivity index (χ1) is 5.13. The van der Waals surface area contributed by atoms with Crippen molar-refractivity contribution in [3.8, 4) is 0 Å². The standard InChI is InChI=1S/C6H15N.H3O4P/c1-5(2)7-6(3)4;1-5(2,3)4/h5-7H,1-4H3;(H3,1,2,3,4). The van der Waals surface area contributed by atoms with E-state index in [-0.39, 0.29) is 0 Å². The van der Waals surface area contributed by atoms with Crippen molar-refractivity contribution >= 4 is 7.82 Å². The third kappa shape index (κ3) is 50.0. The van der Waals surface area contributed by atoms with Crippen molar-refractivity contribution in [2.75, 3.05) is 0 Å². The molecule has 76 valence electrons. The first-order valence-corrected chi connectivity index (χ1v) is 5.23. The van der Waals surface area contributed by atoms with Crippen LogP contribution in [0.4, 0.5) is 0 Å². The Morgan fingerprint density at radius 2 is 1.17 bits per heavy atom. The minimum atomic E-state index is -4.64. The molecular formula is C6H18NO4P. The summed E-state index contributed by atoms with van der Waals surface area (Å²) < 4.78 is 8.88. The SMILES string of the molecule is CC(C)NC(C)C.O=P(O)(O)O. The molecule has 12 heavy (non-hydrogen) atoms. The van der Waals surface area contributed by atoms with E-state index in [1.807, 2.05) is 0 Å². The molecule has 0 aromatic heterocycles. The molecule has 4 N–H and O–H groups in total. The van der Waals surface area contributed by atoms with E-state index in [4.69, 9.17) is 19.2 Å². The molecule has 0 heterocycles. The Labute approximate surface area is 73.1 Å². The lowest BCUT2D eigenvalue weighted by molar-refractivity contribution is 0.275. The van der Waals surface area contributed by atoms with Crippen molar-refractivity contribution in [3.63, 3.8) is 0 Å². The smallest absolute Gasteiger partial charge is 0.312 e. The molecular weight excluding hydrogens is 181 g/mol. The van der Waals surface area contributed by atoms with Gasteiger partial charge in [0.15, 0.2) is 0 Å². The summed E-state index contributed by atoms with van der Waals surface area (Å²) in [5.74, 6) is 0. The van der Waals surface area contributed by atoms with Crippen LogP contribution in [0.15, 0.2) is 0 Å². The predicted octanol–water partition coefficient (Wildman–Crippen LogP) is 0.464. The second-order valence-corrected chi connectivity index (χ2v) is 4.02. The topological polar surface area (TPSA) is 89.8 Å². The summed E-state index contributed by atoms with van der Waals surface area (Å²) in [6, 6.07) is 1.25. The second kappa shape index (κ2) is 6.57. The highest BCUT2D eigenvalue weighted by atomic mass is 31.2. The van der Waals surface area contributed by atoms with Gasteiger partial charge in [-0.15, -0.1) is 0 Å². The van der Waals surface area contributed by atoms with Crippen LogP contribution in [-0.4, -0.2) is 26.8 Å². The van der Waals surface area contributed by atoms with Gasteiger partial charge < -0.3 is 20.0 Å². The quantitative estimate of drug-likeness (QED) is 0.485. The van der Waals surface area contributed by atoms with Gasteiger partial charge in [-0.3, -0.25) is 0 Å². The van der Waals surface area contributed by atoms with E-state index in [0.29, 0.717) is 12.1 Å². The molecule has 0 amide bonds. The summed E-state index contributed by atoms with van der Waals surface area (Å²) in [6.07, 6.45) is 0. The minimum absolute atomic E-state index is 0.625. The highest BCUT2D eigenvalue weighted by Gasteiger charge is 2.00. The number of hydrogen-bond acceptors (Lipinski definition) is 2. The van der Waals surface area contributed by atoms with Crippen molar-refractivity contribution in [3.05, 3.63) is 0 Å². The van der Waals surface area contributed by atoms with Gasteiger partial charge in [0, 0.05) is 12.1 Å². The fraction of sp³-hybridized carbons (Fsp3) is 1.00. The maximum Gasteiger partial charge on any atom is 0.466 e. The van der Waals surface area contributed by atoms with Gasteiger partial charge in [-0.2, -0.15) is 0 Å². The zero-order chi connectivity index (χ0) is 10.4. The first-order valence-electron chi connectivity index (χ1n) is 3.67. The second-order valence-electron chi connectivity index (χ2n) is 2.99. The van der Waals surface area contributed by atoms with Gasteiger partial charge in [-0.05, 0) is 0 Å². The van der Waals surface area contributed by atoms with Crippen LogP contribution in [0, 0.1) is 0 Å². The molecule has 6 heteroatoms. The largest absolute Gasteiger partial charge is 0.466 e. The zero-order valence-corrected chi connectivity index (χ0v) is 8.75. The molecule has 0 spiro atoms. The van der Waals surface area contributed by atoms with Crippen molar-refractivity contribution in [1.29, 1.82) is 0 Å². The maximum atomic E-state index is 8.88. The Balaban J connectivity index is 0. The molecule has 0 bridgehead atoms. The molecule has 5 nitrogen and oxygen atoms in total. The maximum absolute atomic E-state index is 8.88. The third-order valence-corrected chi connectivity index (χ3v) is 0.667. The number of nitrogens with one attached hydrogen (secondary N) is 1. The first kappa shape index (κ1) is 14.6. The molecule has 0 atom stereocenters.